The molecule has 1 saturated heterocycles. The van der Waals surface area contributed by atoms with Gasteiger partial charge >= 0.3 is 0 Å². The third-order valence-corrected chi connectivity index (χ3v) is 4.63. The van der Waals surface area contributed by atoms with E-state index in [1.54, 1.807) is 0 Å². The molecule has 1 aromatic carbocycles. The fraction of sp³-hybridized carbons (Fsp3) is 0.632. The lowest BCUT2D eigenvalue weighted by Crippen LogP contribution is -2.48. The zero-order valence-electron chi connectivity index (χ0n) is 14.5. The molecule has 1 fully saturated rings. The Bertz CT molecular complexity index is 504. The molecule has 23 heavy (non-hydrogen) atoms. The van der Waals surface area contributed by atoms with Crippen LogP contribution in [-0.2, 0) is 9.53 Å². The molecule has 0 aromatic heterocycles. The highest BCUT2D eigenvalue weighted by Crippen LogP contribution is 2.27. The van der Waals surface area contributed by atoms with Gasteiger partial charge in [0.2, 0.25) is 5.91 Å². The molecular weight excluding hydrogens is 288 g/mol. The molecule has 0 radical (unpaired) electrons. The lowest BCUT2D eigenvalue weighted by atomic mass is 10.0. The monoisotopic (exact) mass is 318 g/mol. The Morgan fingerprint density at radius 3 is 2.74 bits per heavy atom. The van der Waals surface area contributed by atoms with Gasteiger partial charge in [-0.3, -0.25) is 4.79 Å². The van der Waals surface area contributed by atoms with Gasteiger partial charge in [0.15, 0.2) is 0 Å². The minimum absolute atomic E-state index is 0.00594. The third kappa shape index (κ3) is 5.05. The second kappa shape index (κ2) is 9.04. The normalized spacial score (nSPS) is 21.4. The van der Waals surface area contributed by atoms with Gasteiger partial charge in [-0.05, 0) is 44.4 Å². The topological polar surface area (TPSA) is 55.6 Å². The Labute approximate surface area is 140 Å². The lowest BCUT2D eigenvalue weighted by Gasteiger charge is -2.38. The molecule has 1 aliphatic heterocycles. The molecular formula is C19H30N2O2. The molecule has 1 aliphatic rings. The number of hydrogen-bond acceptors (Lipinski definition) is 3. The van der Waals surface area contributed by atoms with Crippen LogP contribution in [0.2, 0.25) is 0 Å². The molecule has 1 amide bonds. The minimum atomic E-state index is -0.00594. The number of nitrogens with two attached hydrogens (primary N) is 1. The zero-order valence-corrected chi connectivity index (χ0v) is 14.5. The van der Waals surface area contributed by atoms with E-state index >= 15 is 0 Å². The molecule has 0 aliphatic carbocycles. The highest BCUT2D eigenvalue weighted by atomic mass is 16.5. The van der Waals surface area contributed by atoms with Crippen LogP contribution in [0.4, 0.5) is 0 Å². The van der Waals surface area contributed by atoms with Crippen LogP contribution in [-0.4, -0.2) is 36.5 Å². The van der Waals surface area contributed by atoms with Crippen molar-refractivity contribution in [2.24, 2.45) is 5.73 Å². The van der Waals surface area contributed by atoms with Gasteiger partial charge in [0.25, 0.3) is 0 Å². The summed E-state index contributed by atoms with van der Waals surface area (Å²) in [5, 5.41) is 0. The van der Waals surface area contributed by atoms with Crippen LogP contribution in [0.15, 0.2) is 24.3 Å². The first-order chi connectivity index (χ1) is 11.1. The maximum atomic E-state index is 12.5. The molecule has 0 spiro atoms. The average molecular weight is 318 g/mol. The number of rotatable bonds is 7. The number of amides is 1. The maximum absolute atomic E-state index is 12.5. The summed E-state index contributed by atoms with van der Waals surface area (Å²) < 4.78 is 5.99. The molecule has 2 unspecified atom stereocenters. The van der Waals surface area contributed by atoms with Gasteiger partial charge in [-0.2, -0.15) is 0 Å². The van der Waals surface area contributed by atoms with Crippen LogP contribution < -0.4 is 5.73 Å². The Morgan fingerprint density at radius 2 is 2.00 bits per heavy atom. The van der Waals surface area contributed by atoms with Crippen molar-refractivity contribution in [3.8, 4) is 0 Å². The van der Waals surface area contributed by atoms with Crippen LogP contribution in [0.25, 0.3) is 0 Å². The van der Waals surface area contributed by atoms with Crippen LogP contribution in [0.1, 0.15) is 56.3 Å². The number of aryl methyl sites for hydroxylation is 1. The van der Waals surface area contributed by atoms with Gasteiger partial charge in [0, 0.05) is 6.42 Å². The fourth-order valence-electron chi connectivity index (χ4n) is 3.16. The quantitative estimate of drug-likeness (QED) is 0.786. The van der Waals surface area contributed by atoms with Crippen molar-refractivity contribution >= 4 is 5.91 Å². The highest BCUT2D eigenvalue weighted by molar-refractivity contribution is 5.76. The van der Waals surface area contributed by atoms with E-state index in [-0.39, 0.29) is 18.1 Å². The summed E-state index contributed by atoms with van der Waals surface area (Å²) in [5.74, 6) is 0.257. The van der Waals surface area contributed by atoms with Crippen molar-refractivity contribution in [3.63, 3.8) is 0 Å². The summed E-state index contributed by atoms with van der Waals surface area (Å²) in [6.45, 7) is 6.18. The number of unbranched alkanes of at least 4 members (excludes halogenated alkanes) is 3. The van der Waals surface area contributed by atoms with E-state index in [2.05, 4.69) is 26.0 Å². The molecule has 1 heterocycles. The second-order valence-corrected chi connectivity index (χ2v) is 6.53. The summed E-state index contributed by atoms with van der Waals surface area (Å²) in [4.78, 5) is 14.6. The van der Waals surface area contributed by atoms with E-state index in [0.717, 1.165) is 32.2 Å². The first-order valence-electron chi connectivity index (χ1n) is 8.80. The van der Waals surface area contributed by atoms with Crippen molar-refractivity contribution in [1.29, 1.82) is 0 Å². The summed E-state index contributed by atoms with van der Waals surface area (Å²) in [6, 6.07) is 8.43. The number of nitrogens with zero attached hydrogens (tertiary/aromatic N) is 1. The Balaban J connectivity index is 1.90. The zero-order chi connectivity index (χ0) is 16.7. The number of carbonyl (C=O) groups is 1. The number of benzene rings is 1. The average Bonchev–Trinajstić information content (AvgIpc) is 2.55. The molecule has 0 bridgehead atoms. The van der Waals surface area contributed by atoms with E-state index in [1.165, 1.54) is 11.1 Å². The summed E-state index contributed by atoms with van der Waals surface area (Å²) in [5.41, 5.74) is 7.92. The van der Waals surface area contributed by atoms with Crippen LogP contribution >= 0.6 is 0 Å². The van der Waals surface area contributed by atoms with Crippen LogP contribution in [0, 0.1) is 6.92 Å². The fourth-order valence-corrected chi connectivity index (χ4v) is 3.16. The molecule has 1 aromatic rings. The van der Waals surface area contributed by atoms with Gasteiger partial charge in [0.05, 0.1) is 19.2 Å². The summed E-state index contributed by atoms with van der Waals surface area (Å²) in [6.07, 6.45) is 4.84. The summed E-state index contributed by atoms with van der Waals surface area (Å²) >= 11 is 0. The molecule has 2 atom stereocenters. The largest absolute Gasteiger partial charge is 0.370 e. The second-order valence-electron chi connectivity index (χ2n) is 6.53. The van der Waals surface area contributed by atoms with E-state index in [1.807, 2.05) is 17.0 Å². The number of ether oxygens (including phenoxy) is 1. The van der Waals surface area contributed by atoms with Gasteiger partial charge in [-0.25, -0.2) is 0 Å². The van der Waals surface area contributed by atoms with Crippen molar-refractivity contribution in [2.45, 2.75) is 58.1 Å². The lowest BCUT2D eigenvalue weighted by molar-refractivity contribution is -0.144. The molecule has 2 rings (SSSR count). The van der Waals surface area contributed by atoms with E-state index < -0.39 is 0 Å². The highest BCUT2D eigenvalue weighted by Gasteiger charge is 2.30. The summed E-state index contributed by atoms with van der Waals surface area (Å²) in [7, 11) is 0. The molecule has 4 nitrogen and oxygen atoms in total. The molecule has 0 saturated carbocycles. The van der Waals surface area contributed by atoms with E-state index in [0.29, 0.717) is 19.6 Å². The third-order valence-electron chi connectivity index (χ3n) is 4.63. The SMILES string of the molecule is Cc1ccccc1C1CN(C(=O)CCCCCCN)C(C)CO1. The minimum Gasteiger partial charge on any atom is -0.370 e. The van der Waals surface area contributed by atoms with Crippen molar-refractivity contribution in [1.82, 2.24) is 4.90 Å². The van der Waals surface area contributed by atoms with Gasteiger partial charge in [-0.15, -0.1) is 0 Å². The van der Waals surface area contributed by atoms with Gasteiger partial charge in [0.1, 0.15) is 6.10 Å². The van der Waals surface area contributed by atoms with Crippen molar-refractivity contribution in [2.75, 3.05) is 19.7 Å². The standard InChI is InChI=1S/C19H30N2O2/c1-15-9-6-7-10-17(15)18-13-21(16(2)14-23-18)19(22)11-5-3-4-8-12-20/h6-7,9-10,16,18H,3-5,8,11-14,20H2,1-2H3. The van der Waals surface area contributed by atoms with Gasteiger partial charge < -0.3 is 15.4 Å². The van der Waals surface area contributed by atoms with Crippen molar-refractivity contribution < 1.29 is 9.53 Å². The maximum Gasteiger partial charge on any atom is 0.222 e. The molecule has 4 heteroatoms. The molecule has 128 valence electrons. The van der Waals surface area contributed by atoms with Crippen LogP contribution in [0.5, 0.6) is 0 Å². The Morgan fingerprint density at radius 1 is 1.26 bits per heavy atom. The Kier molecular flexibility index (Phi) is 7.06. The predicted octanol–water partition coefficient (Wildman–Crippen LogP) is 3.19. The number of hydrogen-bond donors (Lipinski definition) is 1. The van der Waals surface area contributed by atoms with Gasteiger partial charge in [-0.1, -0.05) is 37.1 Å². The van der Waals surface area contributed by atoms with Crippen LogP contribution in [0.3, 0.4) is 0 Å². The molecule has 2 N–H and O–H groups in total. The Hall–Kier alpha value is -1.39. The van der Waals surface area contributed by atoms with E-state index in [4.69, 9.17) is 10.5 Å². The first-order valence-corrected chi connectivity index (χ1v) is 8.80. The van der Waals surface area contributed by atoms with Crippen molar-refractivity contribution in [3.05, 3.63) is 35.4 Å². The number of carbonyl (C=O) groups excluding carboxylic acids is 1. The van der Waals surface area contributed by atoms with E-state index in [9.17, 15) is 4.79 Å². The first kappa shape index (κ1) is 18.0. The smallest absolute Gasteiger partial charge is 0.222 e. The predicted molar refractivity (Wildman–Crippen MR) is 93.2 cm³/mol. The number of morpholine rings is 1.